The maximum atomic E-state index is 11.5. The number of aliphatic hydroxyl groups excluding tert-OH is 1. The van der Waals surface area contributed by atoms with Gasteiger partial charge in [0, 0.05) is 6.54 Å². The molecule has 100 valence electrons. The Kier molecular flexibility index (Phi) is 5.45. The highest BCUT2D eigenvalue weighted by molar-refractivity contribution is 5.91. The average molecular weight is 252 g/mol. The van der Waals surface area contributed by atoms with Crippen molar-refractivity contribution in [2.75, 3.05) is 24.2 Å². The van der Waals surface area contributed by atoms with Crippen molar-refractivity contribution in [3.8, 4) is 0 Å². The Bertz CT molecular complexity index is 405. The van der Waals surface area contributed by atoms with Crippen LogP contribution in [0.25, 0.3) is 0 Å². The third-order valence-electron chi connectivity index (χ3n) is 2.44. The van der Waals surface area contributed by atoms with Crippen LogP contribution in [0.2, 0.25) is 0 Å². The first-order valence-corrected chi connectivity index (χ1v) is 6.03. The fraction of sp³-hybridized carbons (Fsp3) is 0.462. The summed E-state index contributed by atoms with van der Waals surface area (Å²) >= 11 is 0. The van der Waals surface area contributed by atoms with Crippen LogP contribution in [0.4, 0.5) is 11.4 Å². The Morgan fingerprint density at radius 3 is 2.83 bits per heavy atom. The van der Waals surface area contributed by atoms with E-state index in [2.05, 4.69) is 5.32 Å². The minimum absolute atomic E-state index is 0.340. The van der Waals surface area contributed by atoms with Gasteiger partial charge in [0.15, 0.2) is 0 Å². The van der Waals surface area contributed by atoms with E-state index in [1.54, 1.807) is 32.0 Å². The van der Waals surface area contributed by atoms with Crippen LogP contribution >= 0.6 is 0 Å². The molecule has 5 heteroatoms. The molecule has 1 rings (SSSR count). The molecular formula is C13H20N2O3. The van der Waals surface area contributed by atoms with Crippen LogP contribution in [-0.4, -0.2) is 30.3 Å². The van der Waals surface area contributed by atoms with Gasteiger partial charge in [0.05, 0.1) is 29.6 Å². The Labute approximate surface area is 107 Å². The van der Waals surface area contributed by atoms with E-state index in [0.717, 1.165) is 5.69 Å². The van der Waals surface area contributed by atoms with Gasteiger partial charge in [-0.1, -0.05) is 0 Å². The standard InChI is InChI=1S/C13H20N2O3/c1-3-18-13(17)10-4-5-12(11(14)8-10)15-7-6-9(2)16/h4-5,8-9,15-16H,3,6-7,14H2,1-2H3/t9-/m0/s1. The van der Waals surface area contributed by atoms with E-state index in [4.69, 9.17) is 15.6 Å². The van der Waals surface area contributed by atoms with E-state index in [1.165, 1.54) is 0 Å². The first kappa shape index (κ1) is 14.3. The zero-order valence-electron chi connectivity index (χ0n) is 10.8. The Hall–Kier alpha value is -1.75. The van der Waals surface area contributed by atoms with Crippen LogP contribution in [-0.2, 0) is 4.74 Å². The molecule has 0 spiro atoms. The summed E-state index contributed by atoms with van der Waals surface area (Å²) in [5.41, 5.74) is 7.52. The number of nitrogens with one attached hydrogen (secondary N) is 1. The molecule has 0 fully saturated rings. The zero-order chi connectivity index (χ0) is 13.5. The summed E-state index contributed by atoms with van der Waals surface area (Å²) in [7, 11) is 0. The first-order valence-electron chi connectivity index (χ1n) is 6.03. The maximum Gasteiger partial charge on any atom is 0.338 e. The van der Waals surface area contributed by atoms with Crippen LogP contribution < -0.4 is 11.1 Å². The quantitative estimate of drug-likeness (QED) is 0.529. The van der Waals surface area contributed by atoms with Crippen LogP contribution in [0.15, 0.2) is 18.2 Å². The van der Waals surface area contributed by atoms with Crippen molar-refractivity contribution in [3.05, 3.63) is 23.8 Å². The van der Waals surface area contributed by atoms with Crippen molar-refractivity contribution in [1.82, 2.24) is 0 Å². The molecule has 5 nitrogen and oxygen atoms in total. The molecule has 0 amide bonds. The molecule has 0 bridgehead atoms. The Morgan fingerprint density at radius 2 is 2.28 bits per heavy atom. The highest BCUT2D eigenvalue weighted by Crippen LogP contribution is 2.20. The normalized spacial score (nSPS) is 11.9. The Balaban J connectivity index is 2.65. The van der Waals surface area contributed by atoms with E-state index in [9.17, 15) is 4.79 Å². The zero-order valence-corrected chi connectivity index (χ0v) is 10.8. The van der Waals surface area contributed by atoms with Gasteiger partial charge in [-0.2, -0.15) is 0 Å². The fourth-order valence-corrected chi connectivity index (χ4v) is 1.48. The minimum Gasteiger partial charge on any atom is -0.462 e. The van der Waals surface area contributed by atoms with Gasteiger partial charge in [-0.3, -0.25) is 0 Å². The Morgan fingerprint density at radius 1 is 1.56 bits per heavy atom. The lowest BCUT2D eigenvalue weighted by atomic mass is 10.1. The van der Waals surface area contributed by atoms with Crippen LogP contribution in [0, 0.1) is 0 Å². The summed E-state index contributed by atoms with van der Waals surface area (Å²) in [4.78, 5) is 11.5. The van der Waals surface area contributed by atoms with Gasteiger partial charge >= 0.3 is 5.97 Å². The number of hydrogen-bond acceptors (Lipinski definition) is 5. The molecule has 1 atom stereocenters. The molecular weight excluding hydrogens is 232 g/mol. The van der Waals surface area contributed by atoms with Crippen molar-refractivity contribution < 1.29 is 14.6 Å². The lowest BCUT2D eigenvalue weighted by Crippen LogP contribution is -2.11. The smallest absolute Gasteiger partial charge is 0.338 e. The van der Waals surface area contributed by atoms with Crippen molar-refractivity contribution in [1.29, 1.82) is 0 Å². The van der Waals surface area contributed by atoms with Crippen LogP contribution in [0.5, 0.6) is 0 Å². The predicted octanol–water partition coefficient (Wildman–Crippen LogP) is 1.63. The monoisotopic (exact) mass is 252 g/mol. The number of nitrogens with two attached hydrogens (primary N) is 1. The number of rotatable bonds is 6. The van der Waals surface area contributed by atoms with Gasteiger partial charge in [0.25, 0.3) is 0 Å². The molecule has 0 radical (unpaired) electrons. The molecule has 18 heavy (non-hydrogen) atoms. The summed E-state index contributed by atoms with van der Waals surface area (Å²) in [6, 6.07) is 4.99. The second-order valence-corrected chi connectivity index (χ2v) is 4.09. The second kappa shape index (κ2) is 6.86. The molecule has 0 heterocycles. The fourth-order valence-electron chi connectivity index (χ4n) is 1.48. The summed E-state index contributed by atoms with van der Waals surface area (Å²) in [5, 5.41) is 12.2. The number of anilines is 2. The highest BCUT2D eigenvalue weighted by atomic mass is 16.5. The lowest BCUT2D eigenvalue weighted by molar-refractivity contribution is 0.0526. The first-order chi connectivity index (χ1) is 8.54. The van der Waals surface area contributed by atoms with Crippen molar-refractivity contribution in [2.24, 2.45) is 0 Å². The maximum absolute atomic E-state index is 11.5. The largest absolute Gasteiger partial charge is 0.462 e. The SMILES string of the molecule is CCOC(=O)c1ccc(NCC[C@H](C)O)c(N)c1. The van der Waals surface area contributed by atoms with Gasteiger partial charge in [-0.05, 0) is 38.5 Å². The number of hydrogen-bond donors (Lipinski definition) is 3. The highest BCUT2D eigenvalue weighted by Gasteiger charge is 2.08. The molecule has 1 aromatic rings. The summed E-state index contributed by atoms with van der Waals surface area (Å²) in [6.07, 6.45) is 0.288. The number of carbonyl (C=O) groups excluding carboxylic acids is 1. The second-order valence-electron chi connectivity index (χ2n) is 4.09. The van der Waals surface area contributed by atoms with Crippen LogP contribution in [0.1, 0.15) is 30.6 Å². The van der Waals surface area contributed by atoms with E-state index in [-0.39, 0.29) is 12.1 Å². The molecule has 0 aliphatic heterocycles. The van der Waals surface area contributed by atoms with E-state index >= 15 is 0 Å². The topological polar surface area (TPSA) is 84.6 Å². The van der Waals surface area contributed by atoms with Crippen molar-refractivity contribution in [2.45, 2.75) is 26.4 Å². The number of carbonyl (C=O) groups is 1. The van der Waals surface area contributed by atoms with Gasteiger partial charge in [-0.25, -0.2) is 4.79 Å². The number of nitrogen functional groups attached to an aromatic ring is 1. The van der Waals surface area contributed by atoms with Gasteiger partial charge < -0.3 is 20.9 Å². The predicted molar refractivity (Wildman–Crippen MR) is 71.6 cm³/mol. The van der Waals surface area contributed by atoms with Crippen molar-refractivity contribution >= 4 is 17.3 Å². The van der Waals surface area contributed by atoms with E-state index in [0.29, 0.717) is 30.8 Å². The molecule has 1 aromatic carbocycles. The summed E-state index contributed by atoms with van der Waals surface area (Å²) in [6.45, 7) is 4.45. The number of benzene rings is 1. The summed E-state index contributed by atoms with van der Waals surface area (Å²) in [5.74, 6) is -0.375. The number of esters is 1. The lowest BCUT2D eigenvalue weighted by Gasteiger charge is -2.11. The molecule has 0 saturated heterocycles. The van der Waals surface area contributed by atoms with Gasteiger partial charge in [0.1, 0.15) is 0 Å². The van der Waals surface area contributed by atoms with Gasteiger partial charge in [0.2, 0.25) is 0 Å². The van der Waals surface area contributed by atoms with Gasteiger partial charge in [-0.15, -0.1) is 0 Å². The third-order valence-corrected chi connectivity index (χ3v) is 2.44. The molecule has 0 aliphatic rings. The van der Waals surface area contributed by atoms with E-state index in [1.807, 2.05) is 0 Å². The number of ether oxygens (including phenoxy) is 1. The molecule has 0 aromatic heterocycles. The van der Waals surface area contributed by atoms with E-state index < -0.39 is 0 Å². The molecule has 0 aliphatic carbocycles. The van der Waals surface area contributed by atoms with Crippen LogP contribution in [0.3, 0.4) is 0 Å². The van der Waals surface area contributed by atoms with Crippen molar-refractivity contribution in [3.63, 3.8) is 0 Å². The average Bonchev–Trinajstić information content (AvgIpc) is 2.31. The molecule has 4 N–H and O–H groups in total. The number of aliphatic hydroxyl groups is 1. The minimum atomic E-state index is -0.375. The molecule has 0 saturated carbocycles. The third kappa shape index (κ3) is 4.25. The molecule has 0 unspecified atom stereocenters. The summed E-state index contributed by atoms with van der Waals surface area (Å²) < 4.78 is 4.89.